The molecular formula is C13H13NO2. The van der Waals surface area contributed by atoms with Crippen LogP contribution in [0.2, 0.25) is 0 Å². The summed E-state index contributed by atoms with van der Waals surface area (Å²) in [7, 11) is 0. The van der Waals surface area contributed by atoms with Gasteiger partial charge in [0.1, 0.15) is 6.26 Å². The standard InChI is InChI=1S/C13H13NO2/c1-9-3-4-12(10(2)7-9)14-13(15)11-5-6-16-8-11/h3-8H,1-2H3,(H,14,15). The third-order valence-corrected chi connectivity index (χ3v) is 2.41. The molecule has 1 N–H and O–H groups in total. The topological polar surface area (TPSA) is 42.2 Å². The maximum Gasteiger partial charge on any atom is 0.258 e. The molecule has 0 aliphatic rings. The predicted octanol–water partition coefficient (Wildman–Crippen LogP) is 3.15. The molecule has 0 unspecified atom stereocenters. The summed E-state index contributed by atoms with van der Waals surface area (Å²) in [6, 6.07) is 7.55. The molecule has 2 rings (SSSR count). The minimum atomic E-state index is -0.152. The van der Waals surface area contributed by atoms with E-state index in [0.717, 1.165) is 11.3 Å². The van der Waals surface area contributed by atoms with Crippen LogP contribution in [-0.2, 0) is 0 Å². The third kappa shape index (κ3) is 2.14. The van der Waals surface area contributed by atoms with Crippen LogP contribution in [0.5, 0.6) is 0 Å². The van der Waals surface area contributed by atoms with Crippen LogP contribution in [-0.4, -0.2) is 5.91 Å². The lowest BCUT2D eigenvalue weighted by Gasteiger charge is -2.07. The van der Waals surface area contributed by atoms with Crippen molar-refractivity contribution in [2.75, 3.05) is 5.32 Å². The number of carbonyl (C=O) groups is 1. The van der Waals surface area contributed by atoms with E-state index >= 15 is 0 Å². The Morgan fingerprint density at radius 1 is 1.25 bits per heavy atom. The number of anilines is 1. The zero-order chi connectivity index (χ0) is 11.5. The molecule has 0 bridgehead atoms. The van der Waals surface area contributed by atoms with E-state index in [-0.39, 0.29) is 5.91 Å². The molecule has 16 heavy (non-hydrogen) atoms. The second kappa shape index (κ2) is 4.23. The normalized spacial score (nSPS) is 10.1. The van der Waals surface area contributed by atoms with Crippen molar-refractivity contribution in [1.82, 2.24) is 0 Å². The largest absolute Gasteiger partial charge is 0.472 e. The van der Waals surface area contributed by atoms with Crippen LogP contribution >= 0.6 is 0 Å². The Balaban J connectivity index is 2.18. The van der Waals surface area contributed by atoms with E-state index < -0.39 is 0 Å². The van der Waals surface area contributed by atoms with Gasteiger partial charge in [-0.1, -0.05) is 17.7 Å². The highest BCUT2D eigenvalue weighted by molar-refractivity contribution is 6.04. The van der Waals surface area contributed by atoms with E-state index in [0.29, 0.717) is 5.56 Å². The molecule has 0 saturated heterocycles. The number of aryl methyl sites for hydroxylation is 2. The van der Waals surface area contributed by atoms with E-state index in [1.165, 1.54) is 18.1 Å². The number of hydrogen-bond donors (Lipinski definition) is 1. The number of rotatable bonds is 2. The molecule has 1 aromatic carbocycles. The molecule has 0 saturated carbocycles. The molecule has 1 amide bonds. The number of furan rings is 1. The van der Waals surface area contributed by atoms with Gasteiger partial charge in [0.15, 0.2) is 0 Å². The van der Waals surface area contributed by atoms with Crippen molar-refractivity contribution < 1.29 is 9.21 Å². The number of carbonyl (C=O) groups excluding carboxylic acids is 1. The lowest BCUT2D eigenvalue weighted by atomic mass is 10.1. The van der Waals surface area contributed by atoms with E-state index in [1.54, 1.807) is 6.07 Å². The molecule has 0 aliphatic carbocycles. The fraction of sp³-hybridized carbons (Fsp3) is 0.154. The molecule has 0 atom stereocenters. The fourth-order valence-corrected chi connectivity index (χ4v) is 1.54. The lowest BCUT2D eigenvalue weighted by molar-refractivity contribution is 0.102. The van der Waals surface area contributed by atoms with Gasteiger partial charge in [0.2, 0.25) is 0 Å². The highest BCUT2D eigenvalue weighted by Crippen LogP contribution is 2.17. The minimum Gasteiger partial charge on any atom is -0.472 e. The van der Waals surface area contributed by atoms with Gasteiger partial charge in [-0.05, 0) is 31.5 Å². The van der Waals surface area contributed by atoms with Gasteiger partial charge in [0, 0.05) is 5.69 Å². The molecule has 2 aromatic rings. The van der Waals surface area contributed by atoms with Gasteiger partial charge in [0.25, 0.3) is 5.91 Å². The Morgan fingerprint density at radius 2 is 2.06 bits per heavy atom. The molecule has 1 heterocycles. The summed E-state index contributed by atoms with van der Waals surface area (Å²) in [5, 5.41) is 2.84. The van der Waals surface area contributed by atoms with Crippen molar-refractivity contribution >= 4 is 11.6 Å². The van der Waals surface area contributed by atoms with Crippen LogP contribution < -0.4 is 5.32 Å². The molecule has 3 heteroatoms. The smallest absolute Gasteiger partial charge is 0.258 e. The Morgan fingerprint density at radius 3 is 2.69 bits per heavy atom. The third-order valence-electron chi connectivity index (χ3n) is 2.41. The minimum absolute atomic E-state index is 0.152. The molecule has 0 aliphatic heterocycles. The maximum atomic E-state index is 11.7. The highest BCUT2D eigenvalue weighted by Gasteiger charge is 2.08. The summed E-state index contributed by atoms with van der Waals surface area (Å²) in [6.45, 7) is 3.99. The Kier molecular flexibility index (Phi) is 2.77. The number of nitrogens with one attached hydrogen (secondary N) is 1. The van der Waals surface area contributed by atoms with Crippen molar-refractivity contribution in [1.29, 1.82) is 0 Å². The zero-order valence-corrected chi connectivity index (χ0v) is 9.28. The Bertz CT molecular complexity index is 501. The number of hydrogen-bond acceptors (Lipinski definition) is 2. The summed E-state index contributed by atoms with van der Waals surface area (Å²) in [5.74, 6) is -0.152. The zero-order valence-electron chi connectivity index (χ0n) is 9.28. The van der Waals surface area contributed by atoms with Crippen LogP contribution in [0, 0.1) is 13.8 Å². The molecule has 1 aromatic heterocycles. The highest BCUT2D eigenvalue weighted by atomic mass is 16.3. The second-order valence-electron chi connectivity index (χ2n) is 3.78. The average molecular weight is 215 g/mol. The summed E-state index contributed by atoms with van der Waals surface area (Å²) in [6.07, 6.45) is 2.91. The van der Waals surface area contributed by atoms with Crippen molar-refractivity contribution in [3.63, 3.8) is 0 Å². The van der Waals surface area contributed by atoms with Crippen molar-refractivity contribution in [3.8, 4) is 0 Å². The Hall–Kier alpha value is -2.03. The first-order chi connectivity index (χ1) is 7.66. The van der Waals surface area contributed by atoms with Gasteiger partial charge in [-0.15, -0.1) is 0 Å². The quantitative estimate of drug-likeness (QED) is 0.836. The SMILES string of the molecule is Cc1ccc(NC(=O)c2ccoc2)c(C)c1. The van der Waals surface area contributed by atoms with E-state index in [2.05, 4.69) is 5.32 Å². The first-order valence-electron chi connectivity index (χ1n) is 5.07. The molecule has 3 nitrogen and oxygen atoms in total. The average Bonchev–Trinajstić information content (AvgIpc) is 2.75. The van der Waals surface area contributed by atoms with Gasteiger partial charge in [-0.25, -0.2) is 0 Å². The van der Waals surface area contributed by atoms with E-state index in [4.69, 9.17) is 4.42 Å². The fourth-order valence-electron chi connectivity index (χ4n) is 1.54. The van der Waals surface area contributed by atoms with Crippen LogP contribution in [0.15, 0.2) is 41.2 Å². The first-order valence-corrected chi connectivity index (χ1v) is 5.07. The molecule has 0 radical (unpaired) electrons. The summed E-state index contributed by atoms with van der Waals surface area (Å²) >= 11 is 0. The summed E-state index contributed by atoms with van der Waals surface area (Å²) < 4.78 is 4.86. The van der Waals surface area contributed by atoms with Gasteiger partial charge in [-0.3, -0.25) is 4.79 Å². The summed E-state index contributed by atoms with van der Waals surface area (Å²) in [4.78, 5) is 11.7. The van der Waals surface area contributed by atoms with Crippen LogP contribution in [0.1, 0.15) is 21.5 Å². The predicted molar refractivity (Wildman–Crippen MR) is 62.6 cm³/mol. The molecule has 0 fully saturated rings. The Labute approximate surface area is 94.1 Å². The molecule has 82 valence electrons. The monoisotopic (exact) mass is 215 g/mol. The van der Waals surface area contributed by atoms with Crippen LogP contribution in [0.3, 0.4) is 0 Å². The van der Waals surface area contributed by atoms with Crippen LogP contribution in [0.4, 0.5) is 5.69 Å². The lowest BCUT2D eigenvalue weighted by Crippen LogP contribution is -2.11. The second-order valence-corrected chi connectivity index (χ2v) is 3.78. The molecule has 0 spiro atoms. The van der Waals surface area contributed by atoms with E-state index in [1.807, 2.05) is 32.0 Å². The van der Waals surface area contributed by atoms with Gasteiger partial charge < -0.3 is 9.73 Å². The van der Waals surface area contributed by atoms with Crippen molar-refractivity contribution in [2.45, 2.75) is 13.8 Å². The number of amides is 1. The van der Waals surface area contributed by atoms with E-state index in [9.17, 15) is 4.79 Å². The first kappa shape index (κ1) is 10.5. The van der Waals surface area contributed by atoms with Crippen molar-refractivity contribution in [3.05, 3.63) is 53.5 Å². The maximum absolute atomic E-state index is 11.7. The van der Waals surface area contributed by atoms with Gasteiger partial charge in [-0.2, -0.15) is 0 Å². The molecular weight excluding hydrogens is 202 g/mol. The van der Waals surface area contributed by atoms with Crippen molar-refractivity contribution in [2.24, 2.45) is 0 Å². The van der Waals surface area contributed by atoms with Crippen LogP contribution in [0.25, 0.3) is 0 Å². The van der Waals surface area contributed by atoms with Gasteiger partial charge >= 0.3 is 0 Å². The summed E-state index contributed by atoms with van der Waals surface area (Å²) in [5.41, 5.74) is 3.59. The van der Waals surface area contributed by atoms with Gasteiger partial charge in [0.05, 0.1) is 11.8 Å². The number of benzene rings is 1.